The van der Waals surface area contributed by atoms with Crippen molar-refractivity contribution in [2.45, 2.75) is 27.7 Å². The van der Waals surface area contributed by atoms with Gasteiger partial charge < -0.3 is 19.9 Å². The van der Waals surface area contributed by atoms with Gasteiger partial charge in [0.1, 0.15) is 45.1 Å². The second kappa shape index (κ2) is 9.90. The number of carbonyl (C=O) groups excluding carboxylic acids is 1. The van der Waals surface area contributed by atoms with Gasteiger partial charge in [-0.15, -0.1) is 0 Å². The number of carbonyl (C=O) groups is 1. The molecule has 5 heteroatoms. The van der Waals surface area contributed by atoms with Crippen LogP contribution in [0.5, 0.6) is 5.75 Å². The number of amides is 1. The fraction of sp³-hybridized carbons (Fsp3) is 0.458. The van der Waals surface area contributed by atoms with Gasteiger partial charge in [0.05, 0.1) is 0 Å². The Morgan fingerprint density at radius 1 is 0.931 bits per heavy atom. The van der Waals surface area contributed by atoms with E-state index in [9.17, 15) is 4.79 Å². The van der Waals surface area contributed by atoms with Crippen molar-refractivity contribution in [1.82, 2.24) is 0 Å². The normalized spacial score (nSPS) is 19.0. The summed E-state index contributed by atoms with van der Waals surface area (Å²) in [4.78, 5) is 15.4. The number of rotatable bonds is 7. The van der Waals surface area contributed by atoms with E-state index in [1.165, 1.54) is 16.0 Å². The Bertz CT molecular complexity index is 802. The molecule has 0 saturated carbocycles. The number of nitrogens with one attached hydrogen (secondary N) is 3. The first kappa shape index (κ1) is 21.3. The Morgan fingerprint density at radius 2 is 1.52 bits per heavy atom. The lowest BCUT2D eigenvalue weighted by Gasteiger charge is -2.29. The highest BCUT2D eigenvalue weighted by molar-refractivity contribution is 5.93. The topological polar surface area (TPSA) is 47.2 Å². The maximum atomic E-state index is 12.5. The summed E-state index contributed by atoms with van der Waals surface area (Å²) in [5.41, 5.74) is 5.68. The fourth-order valence-corrected chi connectivity index (χ4v) is 4.14. The third-order valence-electron chi connectivity index (χ3n) is 5.74. The van der Waals surface area contributed by atoms with Crippen LogP contribution >= 0.6 is 0 Å². The van der Waals surface area contributed by atoms with Crippen molar-refractivity contribution in [2.75, 3.05) is 51.2 Å². The molecule has 5 nitrogen and oxygen atoms in total. The number of ether oxygens (including phenoxy) is 1. The highest BCUT2D eigenvalue weighted by Crippen LogP contribution is 2.19. The van der Waals surface area contributed by atoms with Crippen molar-refractivity contribution in [3.05, 3.63) is 58.7 Å². The van der Waals surface area contributed by atoms with Gasteiger partial charge in [-0.1, -0.05) is 24.3 Å². The molecule has 0 radical (unpaired) electrons. The summed E-state index contributed by atoms with van der Waals surface area (Å²) in [5, 5.41) is 3.11. The average Bonchev–Trinajstić information content (AvgIpc) is 2.65. The maximum Gasteiger partial charge on any atom is 0.279 e. The molecule has 1 aliphatic rings. The molecule has 0 unspecified atom stereocenters. The molecule has 1 heterocycles. The Balaban J connectivity index is 1.38. The maximum absolute atomic E-state index is 12.5. The molecule has 0 atom stereocenters. The van der Waals surface area contributed by atoms with Gasteiger partial charge in [0.2, 0.25) is 0 Å². The highest BCUT2D eigenvalue weighted by Gasteiger charge is 2.25. The van der Waals surface area contributed by atoms with Crippen molar-refractivity contribution in [1.29, 1.82) is 0 Å². The molecule has 2 aromatic carbocycles. The Kier molecular flexibility index (Phi) is 7.29. The van der Waals surface area contributed by atoms with E-state index in [4.69, 9.17) is 4.74 Å². The molecule has 0 spiro atoms. The van der Waals surface area contributed by atoms with Crippen LogP contribution in [0.2, 0.25) is 0 Å². The number of para-hydroxylation sites is 1. The van der Waals surface area contributed by atoms with Gasteiger partial charge in [-0.05, 0) is 62.1 Å². The molecule has 0 aliphatic carbocycles. The van der Waals surface area contributed by atoms with Crippen LogP contribution in [0.25, 0.3) is 0 Å². The van der Waals surface area contributed by atoms with Gasteiger partial charge in [-0.25, -0.2) is 0 Å². The molecule has 1 fully saturated rings. The van der Waals surface area contributed by atoms with E-state index in [1.54, 1.807) is 4.90 Å². The van der Waals surface area contributed by atoms with E-state index in [2.05, 4.69) is 37.4 Å². The summed E-state index contributed by atoms with van der Waals surface area (Å²) in [7, 11) is 0. The highest BCUT2D eigenvalue weighted by atomic mass is 16.5. The van der Waals surface area contributed by atoms with Gasteiger partial charge in [-0.3, -0.25) is 4.79 Å². The molecule has 3 N–H and O–H groups in total. The molecular formula is C24H35N3O2+2. The first-order valence-corrected chi connectivity index (χ1v) is 10.6. The van der Waals surface area contributed by atoms with Crippen molar-refractivity contribution in [3.63, 3.8) is 0 Å². The van der Waals surface area contributed by atoms with Crippen LogP contribution in [-0.2, 0) is 4.79 Å². The average molecular weight is 398 g/mol. The summed E-state index contributed by atoms with van der Waals surface area (Å²) in [6.07, 6.45) is 0. The lowest BCUT2D eigenvalue weighted by Crippen LogP contribution is -3.28. The minimum Gasteiger partial charge on any atom is -0.488 e. The lowest BCUT2D eigenvalue weighted by atomic mass is 10.1. The largest absolute Gasteiger partial charge is 0.488 e. The number of hydrogen-bond acceptors (Lipinski definition) is 2. The SMILES string of the molecule is Cc1cc(C)cc(OCC[NH+]2CC[NH+](CC(=O)Nc3c(C)cccc3C)CC2)c1. The standard InChI is InChI=1S/C24H33N3O2/c1-18-14-19(2)16-22(15-18)29-13-12-26-8-10-27(11-9-26)17-23(28)25-24-20(3)6-5-7-21(24)4/h5-7,14-16H,8-13,17H2,1-4H3,(H,25,28)/p+2. The van der Waals surface area contributed by atoms with Crippen LogP contribution in [-0.4, -0.2) is 51.8 Å². The van der Waals surface area contributed by atoms with Crippen LogP contribution in [0.4, 0.5) is 5.69 Å². The monoisotopic (exact) mass is 397 g/mol. The van der Waals surface area contributed by atoms with Crippen LogP contribution < -0.4 is 19.9 Å². The molecular weight excluding hydrogens is 362 g/mol. The third kappa shape index (κ3) is 6.31. The van der Waals surface area contributed by atoms with E-state index in [1.807, 2.05) is 32.0 Å². The first-order valence-electron chi connectivity index (χ1n) is 10.6. The Hall–Kier alpha value is -2.37. The zero-order valence-electron chi connectivity index (χ0n) is 18.2. The number of quaternary nitrogens is 2. The van der Waals surface area contributed by atoms with Crippen molar-refractivity contribution in [3.8, 4) is 5.75 Å². The quantitative estimate of drug-likeness (QED) is 0.645. The zero-order chi connectivity index (χ0) is 20.8. The van der Waals surface area contributed by atoms with Gasteiger partial charge in [-0.2, -0.15) is 0 Å². The minimum atomic E-state index is 0.110. The number of anilines is 1. The predicted octanol–water partition coefficient (Wildman–Crippen LogP) is 0.721. The lowest BCUT2D eigenvalue weighted by molar-refractivity contribution is -1.01. The molecule has 1 aliphatic heterocycles. The second-order valence-electron chi connectivity index (χ2n) is 8.41. The molecule has 29 heavy (non-hydrogen) atoms. The van der Waals surface area contributed by atoms with Crippen molar-refractivity contribution < 1.29 is 19.3 Å². The summed E-state index contributed by atoms with van der Waals surface area (Å²) in [6, 6.07) is 12.5. The van der Waals surface area contributed by atoms with Crippen LogP contribution in [0.15, 0.2) is 36.4 Å². The van der Waals surface area contributed by atoms with Crippen LogP contribution in [0, 0.1) is 27.7 Å². The first-order chi connectivity index (χ1) is 13.9. The summed E-state index contributed by atoms with van der Waals surface area (Å²) in [5.74, 6) is 1.08. The van der Waals surface area contributed by atoms with E-state index in [0.29, 0.717) is 6.54 Å². The number of aryl methyl sites for hydroxylation is 4. The predicted molar refractivity (Wildman–Crippen MR) is 117 cm³/mol. The fourth-order valence-electron chi connectivity index (χ4n) is 4.14. The molecule has 3 rings (SSSR count). The van der Waals surface area contributed by atoms with Gasteiger partial charge in [0.15, 0.2) is 6.54 Å². The summed E-state index contributed by atoms with van der Waals surface area (Å²) in [6.45, 7) is 14.8. The van der Waals surface area contributed by atoms with Crippen LogP contribution in [0.1, 0.15) is 22.3 Å². The smallest absolute Gasteiger partial charge is 0.279 e. The molecule has 156 valence electrons. The van der Waals surface area contributed by atoms with Crippen molar-refractivity contribution in [2.24, 2.45) is 0 Å². The van der Waals surface area contributed by atoms with E-state index in [0.717, 1.165) is 61.9 Å². The molecule has 1 saturated heterocycles. The number of hydrogen-bond donors (Lipinski definition) is 3. The summed E-state index contributed by atoms with van der Waals surface area (Å²) >= 11 is 0. The van der Waals surface area contributed by atoms with E-state index >= 15 is 0 Å². The third-order valence-corrected chi connectivity index (χ3v) is 5.74. The molecule has 0 bridgehead atoms. The van der Waals surface area contributed by atoms with Gasteiger partial charge in [0.25, 0.3) is 5.91 Å². The molecule has 2 aromatic rings. The zero-order valence-corrected chi connectivity index (χ0v) is 18.2. The second-order valence-corrected chi connectivity index (χ2v) is 8.41. The Labute approximate surface area is 174 Å². The minimum absolute atomic E-state index is 0.110. The van der Waals surface area contributed by atoms with Gasteiger partial charge >= 0.3 is 0 Å². The van der Waals surface area contributed by atoms with Gasteiger partial charge in [0, 0.05) is 5.69 Å². The van der Waals surface area contributed by atoms with Crippen molar-refractivity contribution >= 4 is 11.6 Å². The Morgan fingerprint density at radius 3 is 2.14 bits per heavy atom. The van der Waals surface area contributed by atoms with E-state index in [-0.39, 0.29) is 5.91 Å². The summed E-state index contributed by atoms with van der Waals surface area (Å²) < 4.78 is 5.96. The molecule has 1 amide bonds. The number of piperazine rings is 1. The van der Waals surface area contributed by atoms with E-state index < -0.39 is 0 Å². The molecule has 0 aromatic heterocycles. The van der Waals surface area contributed by atoms with Crippen LogP contribution in [0.3, 0.4) is 0 Å². The number of benzene rings is 2.